The molecule has 0 radical (unpaired) electrons. The molecule has 2 aromatic heterocycles. The lowest BCUT2D eigenvalue weighted by Gasteiger charge is -2.42. The summed E-state index contributed by atoms with van der Waals surface area (Å²) in [6.45, 7) is 5.99. The van der Waals surface area contributed by atoms with E-state index in [9.17, 15) is 15.3 Å². The molecule has 3 N–H and O–H groups in total. The van der Waals surface area contributed by atoms with Crippen LogP contribution in [0.2, 0.25) is 0 Å². The number of hydrogen-bond donors (Lipinski definition) is 3. The van der Waals surface area contributed by atoms with Crippen LogP contribution in [0.3, 0.4) is 0 Å². The maximum Gasteiger partial charge on any atom is 0.184 e. The van der Waals surface area contributed by atoms with E-state index in [2.05, 4.69) is 19.1 Å². The average molecular weight is 453 g/mol. The van der Waals surface area contributed by atoms with Crippen molar-refractivity contribution in [3.8, 4) is 0 Å². The lowest BCUT2D eigenvalue weighted by molar-refractivity contribution is -0.303. The molecule has 0 aromatic carbocycles. The molecule has 1 unspecified atom stereocenters. The molecule has 10 heteroatoms. The highest BCUT2D eigenvalue weighted by molar-refractivity contribution is 4.91. The number of hydrogen-bond acceptors (Lipinski definition) is 8. The smallest absolute Gasteiger partial charge is 0.184 e. The van der Waals surface area contributed by atoms with Crippen LogP contribution in [0, 0.1) is 13.8 Å². The van der Waals surface area contributed by atoms with Crippen LogP contribution in [0.5, 0.6) is 0 Å². The fourth-order valence-corrected chi connectivity index (χ4v) is 3.91. The number of imidazole rings is 2. The molecule has 0 saturated carbocycles. The van der Waals surface area contributed by atoms with Crippen molar-refractivity contribution in [3.63, 3.8) is 0 Å². The summed E-state index contributed by atoms with van der Waals surface area (Å²) in [6, 6.07) is 0. The van der Waals surface area contributed by atoms with Crippen LogP contribution in [-0.4, -0.2) is 84.9 Å². The van der Waals surface area contributed by atoms with Crippen LogP contribution in [0.1, 0.15) is 37.3 Å². The van der Waals surface area contributed by atoms with Gasteiger partial charge >= 0.3 is 0 Å². The van der Waals surface area contributed by atoms with E-state index in [1.54, 1.807) is 12.4 Å². The van der Waals surface area contributed by atoms with E-state index >= 15 is 0 Å². The molecule has 5 atom stereocenters. The molecule has 3 rings (SSSR count). The predicted molar refractivity (Wildman–Crippen MR) is 116 cm³/mol. The highest BCUT2D eigenvalue weighted by Crippen LogP contribution is 2.25. The van der Waals surface area contributed by atoms with Crippen molar-refractivity contribution in [2.45, 2.75) is 83.3 Å². The summed E-state index contributed by atoms with van der Waals surface area (Å²) in [4.78, 5) is 8.41. The Morgan fingerprint density at radius 1 is 0.875 bits per heavy atom. The summed E-state index contributed by atoms with van der Waals surface area (Å²) in [6.07, 6.45) is 5.91. The van der Waals surface area contributed by atoms with Gasteiger partial charge in [0.25, 0.3) is 0 Å². The van der Waals surface area contributed by atoms with Crippen LogP contribution in [-0.2, 0) is 27.3 Å². The minimum atomic E-state index is -1.27. The molecular weight excluding hydrogens is 416 g/mol. The molecule has 1 aliphatic heterocycles. The Morgan fingerprint density at radius 3 is 1.88 bits per heavy atom. The second kappa shape index (κ2) is 12.4. The zero-order valence-corrected chi connectivity index (χ0v) is 18.9. The Kier molecular flexibility index (Phi) is 9.64. The summed E-state index contributed by atoms with van der Waals surface area (Å²) in [5.41, 5.74) is 0. The van der Waals surface area contributed by atoms with Crippen molar-refractivity contribution in [1.29, 1.82) is 0 Å². The fourth-order valence-electron chi connectivity index (χ4n) is 3.91. The normalized spacial score (nSPS) is 26.0. The molecule has 32 heavy (non-hydrogen) atoms. The van der Waals surface area contributed by atoms with Crippen molar-refractivity contribution in [2.24, 2.45) is 0 Å². The van der Waals surface area contributed by atoms with Crippen molar-refractivity contribution >= 4 is 0 Å². The minimum absolute atomic E-state index is 0.398. The van der Waals surface area contributed by atoms with Crippen LogP contribution < -0.4 is 0 Å². The molecule has 0 amide bonds. The fraction of sp³-hybridized carbons (Fsp3) is 0.727. The van der Waals surface area contributed by atoms with E-state index in [1.165, 1.54) is 0 Å². The van der Waals surface area contributed by atoms with Crippen LogP contribution >= 0.6 is 0 Å². The zero-order valence-electron chi connectivity index (χ0n) is 18.9. The molecule has 1 aliphatic rings. The van der Waals surface area contributed by atoms with Gasteiger partial charge in [-0.3, -0.25) is 0 Å². The predicted octanol–water partition coefficient (Wildman–Crippen LogP) is 0.798. The Labute approximate surface area is 188 Å². The standard InChI is InChI=1S/C22H36N4O6/c1-16-23-7-11-25(16)9-3-5-13-30-20-19(28)18(15-27)32-22(29)21(20)31-14-6-4-10-26-12-8-24-17(26)2/h7-8,11-12,18-22,27-29H,3-6,9-10,13-15H2,1-2H3/t18-,19-,20+,21-,22?/m1/s1. The minimum Gasteiger partial charge on any atom is -0.394 e. The quantitative estimate of drug-likeness (QED) is 0.381. The molecule has 1 saturated heterocycles. The van der Waals surface area contributed by atoms with E-state index in [0.717, 1.165) is 50.4 Å². The topological polar surface area (TPSA) is 124 Å². The van der Waals surface area contributed by atoms with Gasteiger partial charge in [-0.25, -0.2) is 9.97 Å². The first kappa shape index (κ1) is 24.8. The monoisotopic (exact) mass is 452 g/mol. The first-order chi connectivity index (χ1) is 15.5. The first-order valence-corrected chi connectivity index (χ1v) is 11.3. The Balaban J connectivity index is 1.44. The third kappa shape index (κ3) is 6.60. The van der Waals surface area contributed by atoms with E-state index in [-0.39, 0.29) is 0 Å². The lowest BCUT2D eigenvalue weighted by atomic mass is 9.98. The SMILES string of the molecule is Cc1nccn1CCCCO[C@H]1[C@H](O)[C@@H](CO)OC(O)[C@@H]1OCCCCn1ccnc1C. The highest BCUT2D eigenvalue weighted by atomic mass is 16.7. The van der Waals surface area contributed by atoms with Crippen LogP contribution in [0.4, 0.5) is 0 Å². The summed E-state index contributed by atoms with van der Waals surface area (Å²) in [5, 5.41) is 30.5. The van der Waals surface area contributed by atoms with Gasteiger partial charge in [0.1, 0.15) is 36.1 Å². The number of unbranched alkanes of at least 4 members (excludes halogenated alkanes) is 2. The van der Waals surface area contributed by atoms with E-state index in [4.69, 9.17) is 14.2 Å². The van der Waals surface area contributed by atoms with E-state index < -0.39 is 37.3 Å². The van der Waals surface area contributed by atoms with Crippen LogP contribution in [0.15, 0.2) is 24.8 Å². The van der Waals surface area contributed by atoms with Gasteiger partial charge in [0.2, 0.25) is 0 Å². The van der Waals surface area contributed by atoms with E-state index in [1.807, 2.05) is 26.2 Å². The Hall–Kier alpha value is -1.82. The number of aliphatic hydroxyl groups is 3. The number of aromatic nitrogens is 4. The number of nitrogens with zero attached hydrogens (tertiary/aromatic N) is 4. The van der Waals surface area contributed by atoms with Crippen molar-refractivity contribution in [1.82, 2.24) is 19.1 Å². The summed E-state index contributed by atoms with van der Waals surface area (Å²) >= 11 is 0. The molecule has 1 fully saturated rings. The molecule has 0 aliphatic carbocycles. The maximum absolute atomic E-state index is 10.6. The zero-order chi connectivity index (χ0) is 22.9. The number of aliphatic hydroxyl groups excluding tert-OH is 3. The largest absolute Gasteiger partial charge is 0.394 e. The third-order valence-electron chi connectivity index (χ3n) is 5.87. The van der Waals surface area contributed by atoms with Crippen LogP contribution in [0.25, 0.3) is 0 Å². The average Bonchev–Trinajstić information content (AvgIpc) is 3.38. The molecule has 10 nitrogen and oxygen atoms in total. The second-order valence-corrected chi connectivity index (χ2v) is 8.16. The van der Waals surface area contributed by atoms with Gasteiger partial charge in [-0.2, -0.15) is 0 Å². The first-order valence-electron chi connectivity index (χ1n) is 11.3. The molecule has 180 valence electrons. The third-order valence-corrected chi connectivity index (χ3v) is 5.87. The van der Waals surface area contributed by atoms with Gasteiger partial charge in [0.15, 0.2) is 6.29 Å². The molecule has 2 aromatic rings. The maximum atomic E-state index is 10.6. The van der Waals surface area contributed by atoms with Gasteiger partial charge in [0.05, 0.1) is 6.61 Å². The van der Waals surface area contributed by atoms with E-state index in [0.29, 0.717) is 13.2 Å². The van der Waals surface area contributed by atoms with Crippen molar-refractivity contribution < 1.29 is 29.5 Å². The highest BCUT2D eigenvalue weighted by Gasteiger charge is 2.45. The molecule has 0 bridgehead atoms. The summed E-state index contributed by atoms with van der Waals surface area (Å²) in [5.74, 6) is 1.94. The van der Waals surface area contributed by atoms with Gasteiger partial charge in [-0.15, -0.1) is 0 Å². The Bertz CT molecular complexity index is 797. The summed E-state index contributed by atoms with van der Waals surface area (Å²) < 4.78 is 21.3. The number of rotatable bonds is 13. The van der Waals surface area contributed by atoms with Gasteiger partial charge < -0.3 is 38.7 Å². The van der Waals surface area contributed by atoms with Gasteiger partial charge in [0, 0.05) is 51.1 Å². The van der Waals surface area contributed by atoms with Gasteiger partial charge in [-0.05, 0) is 39.5 Å². The summed E-state index contributed by atoms with van der Waals surface area (Å²) in [7, 11) is 0. The Morgan fingerprint density at radius 2 is 1.41 bits per heavy atom. The molecule has 0 spiro atoms. The number of ether oxygens (including phenoxy) is 3. The van der Waals surface area contributed by atoms with Crippen molar-refractivity contribution in [2.75, 3.05) is 19.8 Å². The second-order valence-electron chi connectivity index (χ2n) is 8.16. The van der Waals surface area contributed by atoms with Crippen molar-refractivity contribution in [3.05, 3.63) is 36.4 Å². The lowest BCUT2D eigenvalue weighted by Crippen LogP contribution is -2.60. The van der Waals surface area contributed by atoms with Gasteiger partial charge in [-0.1, -0.05) is 0 Å². The molecule has 3 heterocycles. The number of aryl methyl sites for hydroxylation is 4. The molecular formula is C22H36N4O6.